The zero-order valence-electron chi connectivity index (χ0n) is 34.8. The van der Waals surface area contributed by atoms with Crippen molar-refractivity contribution in [1.29, 1.82) is 0 Å². The van der Waals surface area contributed by atoms with Crippen molar-refractivity contribution in [3.8, 4) is 0 Å². The van der Waals surface area contributed by atoms with Gasteiger partial charge in [0.15, 0.2) is 0 Å². The van der Waals surface area contributed by atoms with E-state index in [0.717, 1.165) is 38.5 Å². The fourth-order valence-electron chi connectivity index (χ4n) is 5.34. The van der Waals surface area contributed by atoms with Gasteiger partial charge in [-0.2, -0.15) is 11.8 Å². The van der Waals surface area contributed by atoms with E-state index in [1.54, 1.807) is 20.8 Å². The Kier molecular flexibility index (Phi) is 35.5. The highest BCUT2D eigenvalue weighted by atomic mass is 32.2. The van der Waals surface area contributed by atoms with Crippen molar-refractivity contribution in [2.24, 2.45) is 0 Å². The van der Waals surface area contributed by atoms with Crippen molar-refractivity contribution in [2.75, 3.05) is 64.2 Å². The monoisotopic (exact) mass is 804 g/mol. The van der Waals surface area contributed by atoms with Crippen molar-refractivity contribution in [3.05, 3.63) is 0 Å². The third kappa shape index (κ3) is 39.6. The van der Waals surface area contributed by atoms with E-state index in [9.17, 15) is 24.0 Å². The topological polar surface area (TPSA) is 179 Å². The number of hydrogen-bond acceptors (Lipinski definition) is 10. The van der Waals surface area contributed by atoms with Gasteiger partial charge in [-0.3, -0.25) is 19.2 Å². The van der Waals surface area contributed by atoms with Crippen LogP contribution in [-0.2, 0) is 42.9 Å². The SMILES string of the molecule is CCCCCCCCSCCCCCCCC(=O)NCCCOCCOCCOCCCCCNC(=O)CCC(=O)NC(CCC(=O)O)C(=O)OC(C)(C)C. The number of carboxylic acid groups (broad SMARTS) is 1. The van der Waals surface area contributed by atoms with Crippen molar-refractivity contribution in [2.45, 2.75) is 168 Å². The van der Waals surface area contributed by atoms with Gasteiger partial charge >= 0.3 is 11.9 Å². The molecule has 0 fully saturated rings. The van der Waals surface area contributed by atoms with E-state index in [1.807, 2.05) is 0 Å². The molecule has 0 aliphatic rings. The van der Waals surface area contributed by atoms with Crippen LogP contribution in [0.25, 0.3) is 0 Å². The van der Waals surface area contributed by atoms with Gasteiger partial charge in [-0.05, 0) is 83.6 Å². The molecule has 3 amide bonds. The Bertz CT molecular complexity index is 996. The smallest absolute Gasteiger partial charge is 0.329 e. The van der Waals surface area contributed by atoms with Crippen molar-refractivity contribution < 1.29 is 48.0 Å². The van der Waals surface area contributed by atoms with Gasteiger partial charge in [-0.15, -0.1) is 0 Å². The molecule has 0 saturated carbocycles. The Morgan fingerprint density at radius 2 is 1.05 bits per heavy atom. The molecule has 0 aromatic carbocycles. The highest BCUT2D eigenvalue weighted by molar-refractivity contribution is 7.99. The van der Waals surface area contributed by atoms with Crippen molar-refractivity contribution in [1.82, 2.24) is 16.0 Å². The first kappa shape index (κ1) is 52.6. The molecule has 55 heavy (non-hydrogen) atoms. The van der Waals surface area contributed by atoms with Crippen molar-refractivity contribution in [3.63, 3.8) is 0 Å². The lowest BCUT2D eigenvalue weighted by Crippen LogP contribution is -2.44. The van der Waals surface area contributed by atoms with Gasteiger partial charge in [0.1, 0.15) is 11.6 Å². The Morgan fingerprint density at radius 1 is 0.564 bits per heavy atom. The van der Waals surface area contributed by atoms with Crippen LogP contribution in [0, 0.1) is 0 Å². The Labute approximate surface area is 336 Å². The molecule has 4 N–H and O–H groups in total. The lowest BCUT2D eigenvalue weighted by Gasteiger charge is -2.24. The van der Waals surface area contributed by atoms with Gasteiger partial charge in [0.05, 0.1) is 26.4 Å². The van der Waals surface area contributed by atoms with Crippen LogP contribution < -0.4 is 16.0 Å². The zero-order valence-corrected chi connectivity index (χ0v) is 35.6. The number of unbranched alkanes of at least 4 members (excludes halogenated alkanes) is 11. The average Bonchev–Trinajstić information content (AvgIpc) is 3.13. The summed E-state index contributed by atoms with van der Waals surface area (Å²) >= 11 is 2.10. The Morgan fingerprint density at radius 3 is 1.65 bits per heavy atom. The number of thioether (sulfide) groups is 1. The number of ether oxygens (including phenoxy) is 4. The van der Waals surface area contributed by atoms with Crippen LogP contribution in [0.5, 0.6) is 0 Å². The Balaban J connectivity index is 3.52. The summed E-state index contributed by atoms with van der Waals surface area (Å²) in [6, 6.07) is -1.09. The summed E-state index contributed by atoms with van der Waals surface area (Å²) in [5, 5.41) is 17.2. The molecule has 0 aliphatic carbocycles. The number of hydrogen-bond donors (Lipinski definition) is 4. The summed E-state index contributed by atoms with van der Waals surface area (Å²) in [4.78, 5) is 59.8. The second-order valence-corrected chi connectivity index (χ2v) is 16.2. The first-order valence-corrected chi connectivity index (χ1v) is 22.2. The van der Waals surface area contributed by atoms with Crippen LogP contribution in [-0.4, -0.2) is 111 Å². The maximum atomic E-state index is 12.4. The molecule has 0 bridgehead atoms. The largest absolute Gasteiger partial charge is 0.481 e. The van der Waals surface area contributed by atoms with Crippen molar-refractivity contribution >= 4 is 41.4 Å². The highest BCUT2D eigenvalue weighted by Gasteiger charge is 2.27. The predicted octanol–water partition coefficient (Wildman–Crippen LogP) is 6.73. The molecule has 0 aromatic heterocycles. The second kappa shape index (κ2) is 37.2. The molecule has 0 heterocycles. The molecule has 0 aliphatic heterocycles. The van der Waals surface area contributed by atoms with Crippen LogP contribution >= 0.6 is 11.8 Å². The third-order valence-corrected chi connectivity index (χ3v) is 9.56. The number of carboxylic acids is 1. The van der Waals surface area contributed by atoms with Gasteiger partial charge in [0.25, 0.3) is 0 Å². The predicted molar refractivity (Wildman–Crippen MR) is 219 cm³/mol. The lowest BCUT2D eigenvalue weighted by molar-refractivity contribution is -0.159. The zero-order chi connectivity index (χ0) is 40.8. The molecule has 0 saturated heterocycles. The van der Waals surface area contributed by atoms with E-state index in [1.165, 1.54) is 69.3 Å². The number of amides is 3. The molecule has 0 radical (unpaired) electrons. The number of rotatable bonds is 39. The van der Waals surface area contributed by atoms with Crippen LogP contribution in [0.2, 0.25) is 0 Å². The number of esters is 1. The molecular weight excluding hydrogens is 727 g/mol. The van der Waals surface area contributed by atoms with Crippen LogP contribution in [0.3, 0.4) is 0 Å². The van der Waals surface area contributed by atoms with Gasteiger partial charge in [-0.25, -0.2) is 4.79 Å². The van der Waals surface area contributed by atoms with Crippen LogP contribution in [0.4, 0.5) is 0 Å². The first-order valence-electron chi connectivity index (χ1n) is 21.0. The number of carbonyl (C=O) groups excluding carboxylic acids is 4. The minimum Gasteiger partial charge on any atom is -0.481 e. The standard InChI is InChI=1S/C41H77N3O10S/c1-5-6-7-8-11-17-33-55-34-18-12-9-10-14-20-36(45)43-26-19-28-52-30-32-53-31-29-51-27-16-13-15-25-42-37(46)22-23-38(47)44-35(21-24-39(48)49)40(50)54-41(2,3)4/h35H,5-34H2,1-4H3,(H,42,46)(H,43,45)(H,44,47)(H,48,49). The van der Waals surface area contributed by atoms with E-state index in [4.69, 9.17) is 24.1 Å². The fourth-order valence-corrected chi connectivity index (χ4v) is 6.36. The second-order valence-electron chi connectivity index (χ2n) is 14.9. The Hall–Kier alpha value is -2.42. The maximum absolute atomic E-state index is 12.4. The molecule has 1 atom stereocenters. The van der Waals surface area contributed by atoms with E-state index in [2.05, 4.69) is 34.6 Å². The fraction of sp³-hybridized carbons (Fsp3) is 0.878. The highest BCUT2D eigenvalue weighted by Crippen LogP contribution is 2.14. The molecule has 1 unspecified atom stereocenters. The minimum atomic E-state index is -1.09. The molecular formula is C41H77N3O10S. The molecule has 14 heteroatoms. The van der Waals surface area contributed by atoms with E-state index in [-0.39, 0.29) is 37.5 Å². The summed E-state index contributed by atoms with van der Waals surface area (Å²) in [6.07, 6.45) is 17.4. The molecule has 13 nitrogen and oxygen atoms in total. The molecule has 0 aromatic rings. The third-order valence-electron chi connectivity index (χ3n) is 8.41. The summed E-state index contributed by atoms with van der Waals surface area (Å²) in [7, 11) is 0. The average molecular weight is 804 g/mol. The summed E-state index contributed by atoms with van der Waals surface area (Å²) < 4.78 is 22.0. The van der Waals surface area contributed by atoms with E-state index >= 15 is 0 Å². The molecule has 0 rings (SSSR count). The number of carbonyl (C=O) groups is 5. The molecule has 322 valence electrons. The molecule has 0 spiro atoms. The number of aliphatic carboxylic acids is 1. The van der Waals surface area contributed by atoms with Gasteiger partial charge in [0, 0.05) is 52.0 Å². The van der Waals surface area contributed by atoms with Gasteiger partial charge in [0.2, 0.25) is 17.7 Å². The van der Waals surface area contributed by atoms with E-state index < -0.39 is 29.5 Å². The normalized spacial score (nSPS) is 11.9. The first-order chi connectivity index (χ1) is 26.4. The minimum absolute atomic E-state index is 0.0443. The van der Waals surface area contributed by atoms with Gasteiger partial charge < -0.3 is 40.0 Å². The van der Waals surface area contributed by atoms with Gasteiger partial charge in [-0.1, -0.05) is 58.3 Å². The van der Waals surface area contributed by atoms with Crippen LogP contribution in [0.15, 0.2) is 0 Å². The number of nitrogens with one attached hydrogen (secondary N) is 3. The quantitative estimate of drug-likeness (QED) is 0.0382. The van der Waals surface area contributed by atoms with Crippen LogP contribution in [0.1, 0.15) is 156 Å². The maximum Gasteiger partial charge on any atom is 0.329 e. The lowest BCUT2D eigenvalue weighted by atomic mass is 10.1. The summed E-state index contributed by atoms with van der Waals surface area (Å²) in [5.74, 6) is 0.117. The summed E-state index contributed by atoms with van der Waals surface area (Å²) in [5.41, 5.74) is -0.784. The van der Waals surface area contributed by atoms with E-state index in [0.29, 0.717) is 59.2 Å². The summed E-state index contributed by atoms with van der Waals surface area (Å²) in [6.45, 7) is 11.6.